The van der Waals surface area contributed by atoms with Crippen molar-refractivity contribution in [2.75, 3.05) is 0 Å². The molecule has 6 heteroatoms. The maximum Gasteiger partial charge on any atom is 0.212 e. The molecule has 20 heavy (non-hydrogen) atoms. The Morgan fingerprint density at radius 1 is 1.15 bits per heavy atom. The van der Waals surface area contributed by atoms with Crippen molar-refractivity contribution in [3.8, 4) is 11.5 Å². The molecule has 3 aromatic heterocycles. The van der Waals surface area contributed by atoms with E-state index in [-0.39, 0.29) is 0 Å². The summed E-state index contributed by atoms with van der Waals surface area (Å²) < 4.78 is 7.22. The van der Waals surface area contributed by atoms with E-state index < -0.39 is 0 Å². The number of hydrogen-bond acceptors (Lipinski definition) is 5. The van der Waals surface area contributed by atoms with Crippen LogP contribution in [-0.4, -0.2) is 25.1 Å². The normalized spacial score (nSPS) is 16.2. The van der Waals surface area contributed by atoms with Crippen LogP contribution in [0.15, 0.2) is 40.1 Å². The fraction of sp³-hybridized carbons (Fsp3) is 0.357. The molecule has 0 aromatic carbocycles. The van der Waals surface area contributed by atoms with Gasteiger partial charge in [-0.1, -0.05) is 24.6 Å². The molecule has 3 heterocycles. The lowest BCUT2D eigenvalue weighted by molar-refractivity contribution is 0.577. The van der Waals surface area contributed by atoms with Crippen LogP contribution < -0.4 is 0 Å². The van der Waals surface area contributed by atoms with E-state index >= 15 is 0 Å². The highest BCUT2D eigenvalue weighted by Gasteiger charge is 2.20. The van der Waals surface area contributed by atoms with Crippen LogP contribution in [0.1, 0.15) is 25.7 Å². The zero-order valence-electron chi connectivity index (χ0n) is 10.9. The van der Waals surface area contributed by atoms with Crippen LogP contribution in [0.25, 0.3) is 17.1 Å². The van der Waals surface area contributed by atoms with Crippen molar-refractivity contribution in [3.05, 3.63) is 30.5 Å². The molecule has 1 saturated carbocycles. The first-order valence-corrected chi connectivity index (χ1v) is 7.71. The van der Waals surface area contributed by atoms with Gasteiger partial charge in [0.1, 0.15) is 5.69 Å². The SMILES string of the molecule is c1coc(-c2ccc3nnc(SC4CCCC4)n3n2)c1. The summed E-state index contributed by atoms with van der Waals surface area (Å²) in [5, 5.41) is 14.6. The molecule has 0 bridgehead atoms. The average Bonchev–Trinajstić information content (AvgIpc) is 3.20. The maximum absolute atomic E-state index is 5.39. The molecule has 0 spiro atoms. The number of furan rings is 1. The largest absolute Gasteiger partial charge is 0.463 e. The molecule has 3 aromatic rings. The van der Waals surface area contributed by atoms with Gasteiger partial charge in [-0.15, -0.1) is 10.2 Å². The van der Waals surface area contributed by atoms with Crippen molar-refractivity contribution in [2.45, 2.75) is 36.1 Å². The van der Waals surface area contributed by atoms with Gasteiger partial charge in [-0.05, 0) is 37.1 Å². The van der Waals surface area contributed by atoms with Gasteiger partial charge in [0.2, 0.25) is 5.16 Å². The van der Waals surface area contributed by atoms with E-state index in [0.29, 0.717) is 5.25 Å². The Hall–Kier alpha value is -1.82. The Labute approximate surface area is 120 Å². The molecule has 1 aliphatic rings. The summed E-state index contributed by atoms with van der Waals surface area (Å²) >= 11 is 1.79. The Balaban J connectivity index is 1.72. The molecule has 102 valence electrons. The number of thioether (sulfide) groups is 1. The summed E-state index contributed by atoms with van der Waals surface area (Å²) in [5.41, 5.74) is 1.58. The monoisotopic (exact) mass is 286 g/mol. The van der Waals surface area contributed by atoms with Crippen LogP contribution in [0.2, 0.25) is 0 Å². The van der Waals surface area contributed by atoms with Crippen LogP contribution in [0.3, 0.4) is 0 Å². The standard InChI is InChI=1S/C14H14N4OS/c1-2-5-10(4-1)20-14-16-15-13-8-7-11(17-18(13)14)12-6-3-9-19-12/h3,6-10H,1-2,4-5H2. The number of hydrogen-bond donors (Lipinski definition) is 0. The minimum absolute atomic E-state index is 0.650. The zero-order valence-corrected chi connectivity index (χ0v) is 11.7. The van der Waals surface area contributed by atoms with E-state index in [1.165, 1.54) is 25.7 Å². The van der Waals surface area contributed by atoms with E-state index in [1.807, 2.05) is 28.8 Å². The predicted molar refractivity (Wildman–Crippen MR) is 76.6 cm³/mol. The summed E-state index contributed by atoms with van der Waals surface area (Å²) in [5.74, 6) is 0.761. The minimum Gasteiger partial charge on any atom is -0.463 e. The fourth-order valence-corrected chi connectivity index (χ4v) is 3.74. The van der Waals surface area contributed by atoms with Crippen LogP contribution in [0.4, 0.5) is 0 Å². The molecule has 0 amide bonds. The van der Waals surface area contributed by atoms with Crippen molar-refractivity contribution in [1.82, 2.24) is 19.8 Å². The Kier molecular flexibility index (Phi) is 2.95. The second-order valence-electron chi connectivity index (χ2n) is 4.97. The van der Waals surface area contributed by atoms with E-state index in [2.05, 4.69) is 15.3 Å². The molecule has 4 rings (SSSR count). The Morgan fingerprint density at radius 3 is 2.85 bits per heavy atom. The highest BCUT2D eigenvalue weighted by Crippen LogP contribution is 2.33. The topological polar surface area (TPSA) is 56.2 Å². The van der Waals surface area contributed by atoms with Gasteiger partial charge in [0, 0.05) is 5.25 Å². The highest BCUT2D eigenvalue weighted by molar-refractivity contribution is 7.99. The van der Waals surface area contributed by atoms with Crippen molar-refractivity contribution in [3.63, 3.8) is 0 Å². The first-order chi connectivity index (χ1) is 9.90. The van der Waals surface area contributed by atoms with E-state index in [9.17, 15) is 0 Å². The molecule has 0 saturated heterocycles. The Morgan fingerprint density at radius 2 is 2.05 bits per heavy atom. The summed E-state index contributed by atoms with van der Waals surface area (Å²) in [6.07, 6.45) is 6.81. The molecule has 0 radical (unpaired) electrons. The zero-order chi connectivity index (χ0) is 13.4. The van der Waals surface area contributed by atoms with E-state index in [1.54, 1.807) is 18.0 Å². The van der Waals surface area contributed by atoms with Gasteiger partial charge in [0.15, 0.2) is 11.4 Å². The fourth-order valence-electron chi connectivity index (χ4n) is 2.55. The summed E-state index contributed by atoms with van der Waals surface area (Å²) in [6, 6.07) is 7.60. The second-order valence-corrected chi connectivity index (χ2v) is 6.24. The van der Waals surface area contributed by atoms with E-state index in [4.69, 9.17) is 4.42 Å². The van der Waals surface area contributed by atoms with Gasteiger partial charge < -0.3 is 4.42 Å². The molecular formula is C14H14N4OS. The lowest BCUT2D eigenvalue weighted by Crippen LogP contribution is -2.00. The molecule has 1 fully saturated rings. The van der Waals surface area contributed by atoms with Gasteiger partial charge in [-0.3, -0.25) is 0 Å². The third-order valence-electron chi connectivity index (χ3n) is 3.58. The number of rotatable bonds is 3. The van der Waals surface area contributed by atoms with Crippen molar-refractivity contribution in [2.24, 2.45) is 0 Å². The molecule has 0 atom stereocenters. The van der Waals surface area contributed by atoms with Crippen molar-refractivity contribution >= 4 is 17.4 Å². The number of aromatic nitrogens is 4. The number of fused-ring (bicyclic) bond motifs is 1. The van der Waals surface area contributed by atoms with Crippen LogP contribution in [0.5, 0.6) is 0 Å². The smallest absolute Gasteiger partial charge is 0.212 e. The average molecular weight is 286 g/mol. The van der Waals surface area contributed by atoms with Crippen LogP contribution in [-0.2, 0) is 0 Å². The van der Waals surface area contributed by atoms with Gasteiger partial charge >= 0.3 is 0 Å². The molecule has 0 unspecified atom stereocenters. The van der Waals surface area contributed by atoms with Crippen molar-refractivity contribution in [1.29, 1.82) is 0 Å². The first kappa shape index (κ1) is 12.0. The lowest BCUT2D eigenvalue weighted by atomic mass is 10.3. The summed E-state index contributed by atoms with van der Waals surface area (Å²) in [7, 11) is 0. The van der Waals surface area contributed by atoms with Gasteiger partial charge in [-0.25, -0.2) is 0 Å². The predicted octanol–water partition coefficient (Wildman–Crippen LogP) is 3.42. The lowest BCUT2D eigenvalue weighted by Gasteiger charge is -2.06. The molecule has 0 aliphatic heterocycles. The Bertz CT molecular complexity index is 716. The first-order valence-electron chi connectivity index (χ1n) is 6.83. The van der Waals surface area contributed by atoms with Gasteiger partial charge in [0.25, 0.3) is 0 Å². The maximum atomic E-state index is 5.39. The molecule has 0 N–H and O–H groups in total. The summed E-state index contributed by atoms with van der Waals surface area (Å²) in [4.78, 5) is 0. The molecule has 1 aliphatic carbocycles. The summed E-state index contributed by atoms with van der Waals surface area (Å²) in [6.45, 7) is 0. The minimum atomic E-state index is 0.650. The third-order valence-corrected chi connectivity index (χ3v) is 4.85. The second kappa shape index (κ2) is 4.94. The van der Waals surface area contributed by atoms with Gasteiger partial charge in [-0.2, -0.15) is 9.61 Å². The van der Waals surface area contributed by atoms with Crippen LogP contribution in [0, 0.1) is 0 Å². The molecular weight excluding hydrogens is 272 g/mol. The van der Waals surface area contributed by atoms with E-state index in [0.717, 1.165) is 22.3 Å². The van der Waals surface area contributed by atoms with Gasteiger partial charge in [0.05, 0.1) is 6.26 Å². The number of nitrogens with zero attached hydrogens (tertiary/aromatic N) is 4. The van der Waals surface area contributed by atoms with Crippen LogP contribution >= 0.6 is 11.8 Å². The highest BCUT2D eigenvalue weighted by atomic mass is 32.2. The third kappa shape index (κ3) is 2.10. The molecule has 5 nitrogen and oxygen atoms in total. The quantitative estimate of drug-likeness (QED) is 0.738. The van der Waals surface area contributed by atoms with Crippen molar-refractivity contribution < 1.29 is 4.42 Å².